The summed E-state index contributed by atoms with van der Waals surface area (Å²) in [5, 5.41) is 6.12. The number of carbonyl (C=O) groups excluding carboxylic acids is 1. The first-order chi connectivity index (χ1) is 12.6. The molecule has 0 spiro atoms. The monoisotopic (exact) mass is 346 g/mol. The largest absolute Gasteiger partial charge is 0.324 e. The first kappa shape index (κ1) is 17.6. The molecule has 2 N–H and O–H groups in total. The Hall–Kier alpha value is -3.21. The summed E-state index contributed by atoms with van der Waals surface area (Å²) in [4.78, 5) is 21.2. The van der Waals surface area contributed by atoms with Gasteiger partial charge in [-0.1, -0.05) is 37.3 Å². The topological polar surface area (TPSA) is 66.9 Å². The number of nitrogens with zero attached hydrogens (tertiary/aromatic N) is 2. The summed E-state index contributed by atoms with van der Waals surface area (Å²) in [6.07, 6.45) is 2.43. The Morgan fingerprint density at radius 2 is 1.88 bits per heavy atom. The molecule has 1 heterocycles. The van der Waals surface area contributed by atoms with E-state index in [0.717, 1.165) is 34.5 Å². The lowest BCUT2D eigenvalue weighted by Crippen LogP contribution is -2.16. The van der Waals surface area contributed by atoms with Gasteiger partial charge in [-0.15, -0.1) is 0 Å². The first-order valence-electron chi connectivity index (χ1n) is 8.63. The lowest BCUT2D eigenvalue weighted by Gasteiger charge is -2.13. The third-order valence-electron chi connectivity index (χ3n) is 4.14. The van der Waals surface area contributed by atoms with Crippen LogP contribution in [0, 0.1) is 13.8 Å². The maximum Gasteiger partial charge on any atom is 0.274 e. The Bertz CT molecular complexity index is 937. The summed E-state index contributed by atoms with van der Waals surface area (Å²) in [7, 11) is 0. The Morgan fingerprint density at radius 1 is 1.08 bits per heavy atom. The molecule has 0 atom stereocenters. The number of hydrogen-bond donors (Lipinski definition) is 2. The van der Waals surface area contributed by atoms with Crippen LogP contribution < -0.4 is 10.6 Å². The second-order valence-corrected chi connectivity index (χ2v) is 6.18. The van der Waals surface area contributed by atoms with Crippen LogP contribution in [0.2, 0.25) is 0 Å². The van der Waals surface area contributed by atoms with E-state index >= 15 is 0 Å². The first-order valence-corrected chi connectivity index (χ1v) is 8.63. The predicted molar refractivity (Wildman–Crippen MR) is 105 cm³/mol. The van der Waals surface area contributed by atoms with Gasteiger partial charge in [0, 0.05) is 17.6 Å². The smallest absolute Gasteiger partial charge is 0.274 e. The Kier molecular flexibility index (Phi) is 5.27. The second kappa shape index (κ2) is 7.78. The number of amides is 1. The van der Waals surface area contributed by atoms with Crippen LogP contribution in [0.25, 0.3) is 0 Å². The van der Waals surface area contributed by atoms with Crippen molar-refractivity contribution >= 4 is 23.2 Å². The van der Waals surface area contributed by atoms with Crippen LogP contribution in [0.4, 0.5) is 17.3 Å². The number of aryl methyl sites for hydroxylation is 3. The third-order valence-corrected chi connectivity index (χ3v) is 4.14. The Balaban J connectivity index is 1.81. The van der Waals surface area contributed by atoms with E-state index in [-0.39, 0.29) is 5.91 Å². The molecule has 0 bridgehead atoms. The maximum absolute atomic E-state index is 12.7. The van der Waals surface area contributed by atoms with Gasteiger partial charge in [0.15, 0.2) is 0 Å². The summed E-state index contributed by atoms with van der Waals surface area (Å²) in [5.41, 5.74) is 5.33. The minimum absolute atomic E-state index is 0.247. The van der Waals surface area contributed by atoms with E-state index in [1.165, 1.54) is 0 Å². The summed E-state index contributed by atoms with van der Waals surface area (Å²) < 4.78 is 0. The molecule has 2 aromatic carbocycles. The molecule has 0 aliphatic heterocycles. The minimum atomic E-state index is -0.247. The summed E-state index contributed by atoms with van der Waals surface area (Å²) in [5.74, 6) is 0.146. The van der Waals surface area contributed by atoms with Gasteiger partial charge in [0.1, 0.15) is 5.69 Å². The number of rotatable bonds is 5. The van der Waals surface area contributed by atoms with Crippen molar-refractivity contribution in [2.24, 2.45) is 0 Å². The molecule has 3 rings (SSSR count). The van der Waals surface area contributed by atoms with Gasteiger partial charge in [-0.3, -0.25) is 4.79 Å². The summed E-state index contributed by atoms with van der Waals surface area (Å²) in [6, 6.07) is 15.5. The van der Waals surface area contributed by atoms with Gasteiger partial charge in [0.2, 0.25) is 5.95 Å². The van der Waals surface area contributed by atoms with Crippen molar-refractivity contribution in [3.63, 3.8) is 0 Å². The average Bonchev–Trinajstić information content (AvgIpc) is 2.63. The van der Waals surface area contributed by atoms with Crippen molar-refractivity contribution in [3.8, 4) is 0 Å². The molecule has 5 heteroatoms. The lowest BCUT2D eigenvalue weighted by atomic mass is 10.1. The molecule has 1 aromatic heterocycles. The fourth-order valence-corrected chi connectivity index (χ4v) is 2.78. The molecule has 0 aliphatic rings. The predicted octanol–water partition coefficient (Wildman–Crippen LogP) is 4.65. The highest BCUT2D eigenvalue weighted by atomic mass is 16.1. The van der Waals surface area contributed by atoms with Gasteiger partial charge in [-0.25, -0.2) is 9.97 Å². The fraction of sp³-hybridized carbons (Fsp3) is 0.190. The third kappa shape index (κ3) is 4.06. The fourth-order valence-electron chi connectivity index (χ4n) is 2.78. The Labute approximate surface area is 153 Å². The van der Waals surface area contributed by atoms with Crippen LogP contribution in [0.5, 0.6) is 0 Å². The van der Waals surface area contributed by atoms with Crippen molar-refractivity contribution in [2.75, 3.05) is 10.6 Å². The van der Waals surface area contributed by atoms with Crippen molar-refractivity contribution in [1.29, 1.82) is 0 Å². The molecular weight excluding hydrogens is 324 g/mol. The van der Waals surface area contributed by atoms with E-state index in [9.17, 15) is 4.79 Å². The molecule has 26 heavy (non-hydrogen) atoms. The van der Waals surface area contributed by atoms with E-state index in [4.69, 9.17) is 0 Å². The number of carbonyl (C=O) groups is 1. The number of para-hydroxylation sites is 1. The molecule has 5 nitrogen and oxygen atoms in total. The minimum Gasteiger partial charge on any atom is -0.324 e. The summed E-state index contributed by atoms with van der Waals surface area (Å²) in [6.45, 7) is 6.07. The maximum atomic E-state index is 12.7. The van der Waals surface area contributed by atoms with E-state index in [0.29, 0.717) is 11.6 Å². The van der Waals surface area contributed by atoms with E-state index in [2.05, 4.69) is 27.5 Å². The number of anilines is 3. The van der Waals surface area contributed by atoms with Crippen LogP contribution in [-0.4, -0.2) is 15.9 Å². The average molecular weight is 346 g/mol. The van der Waals surface area contributed by atoms with Gasteiger partial charge in [-0.2, -0.15) is 0 Å². The quantitative estimate of drug-likeness (QED) is 0.705. The molecule has 1 amide bonds. The molecule has 132 valence electrons. The number of hydrogen-bond acceptors (Lipinski definition) is 4. The zero-order valence-electron chi connectivity index (χ0n) is 15.2. The van der Waals surface area contributed by atoms with Crippen LogP contribution in [0.1, 0.15) is 34.1 Å². The number of aromatic nitrogens is 2. The molecule has 3 aromatic rings. The van der Waals surface area contributed by atoms with Crippen LogP contribution >= 0.6 is 0 Å². The SMILES string of the molecule is CCc1cccc(C)c1NC(=O)c1ccnc(Nc2cccc(C)c2)n1. The van der Waals surface area contributed by atoms with E-state index in [1.54, 1.807) is 12.3 Å². The van der Waals surface area contributed by atoms with Crippen LogP contribution in [-0.2, 0) is 6.42 Å². The molecule has 0 saturated carbocycles. The highest BCUT2D eigenvalue weighted by molar-refractivity contribution is 6.03. The van der Waals surface area contributed by atoms with Gasteiger partial charge < -0.3 is 10.6 Å². The second-order valence-electron chi connectivity index (χ2n) is 6.18. The molecule has 0 fully saturated rings. The zero-order valence-corrected chi connectivity index (χ0v) is 15.2. The normalized spacial score (nSPS) is 10.4. The van der Waals surface area contributed by atoms with E-state index in [1.807, 2.05) is 56.3 Å². The molecule has 0 aliphatic carbocycles. The highest BCUT2D eigenvalue weighted by Gasteiger charge is 2.13. The van der Waals surface area contributed by atoms with Crippen molar-refractivity contribution in [3.05, 3.63) is 77.1 Å². The van der Waals surface area contributed by atoms with E-state index < -0.39 is 0 Å². The van der Waals surface area contributed by atoms with Gasteiger partial charge >= 0.3 is 0 Å². The standard InChI is InChI=1S/C21H22N4O/c1-4-16-9-6-8-15(3)19(16)25-20(26)18-11-12-22-21(24-18)23-17-10-5-7-14(2)13-17/h5-13H,4H2,1-3H3,(H,25,26)(H,22,23,24). The number of benzene rings is 2. The highest BCUT2D eigenvalue weighted by Crippen LogP contribution is 2.22. The van der Waals surface area contributed by atoms with Gasteiger partial charge in [0.25, 0.3) is 5.91 Å². The van der Waals surface area contributed by atoms with Gasteiger partial charge in [-0.05, 0) is 55.2 Å². The van der Waals surface area contributed by atoms with Crippen LogP contribution in [0.15, 0.2) is 54.7 Å². The molecule has 0 saturated heterocycles. The van der Waals surface area contributed by atoms with Crippen molar-refractivity contribution in [1.82, 2.24) is 9.97 Å². The van der Waals surface area contributed by atoms with Crippen molar-refractivity contribution in [2.45, 2.75) is 27.2 Å². The number of nitrogens with one attached hydrogen (secondary N) is 2. The lowest BCUT2D eigenvalue weighted by molar-refractivity contribution is 0.102. The summed E-state index contributed by atoms with van der Waals surface area (Å²) >= 11 is 0. The Morgan fingerprint density at radius 3 is 2.65 bits per heavy atom. The molecular formula is C21H22N4O. The van der Waals surface area contributed by atoms with Gasteiger partial charge in [0.05, 0.1) is 0 Å². The molecule has 0 radical (unpaired) electrons. The van der Waals surface area contributed by atoms with Crippen LogP contribution in [0.3, 0.4) is 0 Å². The zero-order chi connectivity index (χ0) is 18.5. The van der Waals surface area contributed by atoms with Crippen molar-refractivity contribution < 1.29 is 4.79 Å². The molecule has 0 unspecified atom stereocenters.